The molecule has 0 aromatic carbocycles. The number of carbonyl (C=O) groups is 1. The van der Waals surface area contributed by atoms with Crippen LogP contribution in [-0.4, -0.2) is 36.3 Å². The van der Waals surface area contributed by atoms with Crippen LogP contribution in [0.4, 0.5) is 0 Å². The summed E-state index contributed by atoms with van der Waals surface area (Å²) in [5, 5.41) is 14.8. The van der Waals surface area contributed by atoms with Gasteiger partial charge in [0.2, 0.25) is 0 Å². The molecule has 2 N–H and O–H groups in total. The highest BCUT2D eigenvalue weighted by molar-refractivity contribution is 6.36. The summed E-state index contributed by atoms with van der Waals surface area (Å²) < 4.78 is 4.90. The molecule has 2 aliphatic heterocycles. The van der Waals surface area contributed by atoms with Crippen LogP contribution in [0.15, 0.2) is 5.16 Å². The van der Waals surface area contributed by atoms with Gasteiger partial charge in [-0.3, -0.25) is 5.41 Å². The van der Waals surface area contributed by atoms with Gasteiger partial charge in [-0.05, 0) is 19.8 Å². The van der Waals surface area contributed by atoms with Gasteiger partial charge in [0.1, 0.15) is 6.10 Å². The van der Waals surface area contributed by atoms with E-state index in [0.717, 1.165) is 32.1 Å². The van der Waals surface area contributed by atoms with Crippen molar-refractivity contribution in [3.63, 3.8) is 0 Å². The van der Waals surface area contributed by atoms with Crippen molar-refractivity contribution >= 4 is 17.5 Å². The minimum absolute atomic E-state index is 0.0807. The highest BCUT2D eigenvalue weighted by atomic mass is 16.6. The van der Waals surface area contributed by atoms with E-state index >= 15 is 0 Å². The van der Waals surface area contributed by atoms with E-state index in [1.54, 1.807) is 6.92 Å². The summed E-state index contributed by atoms with van der Waals surface area (Å²) in [6.07, 6.45) is 5.25. The zero-order chi connectivity index (χ0) is 13.7. The predicted octanol–water partition coefficient (Wildman–Crippen LogP) is 1.59. The Bertz CT molecular complexity index is 381. The van der Waals surface area contributed by atoms with Crippen molar-refractivity contribution in [1.82, 2.24) is 5.32 Å². The van der Waals surface area contributed by atoms with Crippen LogP contribution in [-0.2, 0) is 14.4 Å². The Morgan fingerprint density at radius 2 is 2.42 bits per heavy atom. The predicted molar refractivity (Wildman–Crippen MR) is 71.3 cm³/mol. The van der Waals surface area contributed by atoms with Gasteiger partial charge < -0.3 is 14.9 Å². The Hall–Kier alpha value is -1.59. The quantitative estimate of drug-likeness (QED) is 0.758. The van der Waals surface area contributed by atoms with Crippen LogP contribution in [0.25, 0.3) is 0 Å². The van der Waals surface area contributed by atoms with E-state index in [0.29, 0.717) is 24.6 Å². The van der Waals surface area contributed by atoms with Crippen LogP contribution in [0.1, 0.15) is 45.4 Å². The molecule has 1 fully saturated rings. The van der Waals surface area contributed by atoms with Crippen molar-refractivity contribution in [1.29, 1.82) is 5.41 Å². The van der Waals surface area contributed by atoms with Gasteiger partial charge in [0, 0.05) is 25.3 Å². The van der Waals surface area contributed by atoms with Gasteiger partial charge in [0.15, 0.2) is 5.71 Å². The van der Waals surface area contributed by atoms with Crippen LogP contribution >= 0.6 is 0 Å². The molecule has 6 heteroatoms. The Morgan fingerprint density at radius 3 is 3.21 bits per heavy atom. The number of hydrogen-bond donors (Lipinski definition) is 2. The Kier molecular flexibility index (Phi) is 4.76. The molecule has 0 saturated carbocycles. The fraction of sp³-hybridized carbons (Fsp3) is 0.769. The summed E-state index contributed by atoms with van der Waals surface area (Å²) in [6.45, 7) is 2.12. The number of carbonyl (C=O) groups excluding carboxylic acids is 1. The number of rotatable bonds is 4. The molecule has 0 spiro atoms. The Labute approximate surface area is 113 Å². The molecule has 2 heterocycles. The second-order valence-electron chi connectivity index (χ2n) is 4.99. The van der Waals surface area contributed by atoms with Crippen molar-refractivity contribution in [2.75, 3.05) is 6.61 Å². The van der Waals surface area contributed by atoms with Crippen molar-refractivity contribution in [3.05, 3.63) is 0 Å². The molecular weight excluding hydrogens is 246 g/mol. The molecular formula is C13H21N3O3. The first-order chi connectivity index (χ1) is 9.19. The van der Waals surface area contributed by atoms with Crippen molar-refractivity contribution in [3.8, 4) is 0 Å². The number of esters is 1. The maximum Gasteiger partial charge on any atom is 0.356 e. The zero-order valence-electron chi connectivity index (χ0n) is 11.3. The van der Waals surface area contributed by atoms with Gasteiger partial charge in [-0.15, -0.1) is 0 Å². The number of amidine groups is 1. The first kappa shape index (κ1) is 13.8. The fourth-order valence-corrected chi connectivity index (χ4v) is 2.47. The van der Waals surface area contributed by atoms with Crippen molar-refractivity contribution < 1.29 is 14.4 Å². The zero-order valence-corrected chi connectivity index (χ0v) is 11.3. The Balaban J connectivity index is 1.79. The van der Waals surface area contributed by atoms with Gasteiger partial charge >= 0.3 is 5.97 Å². The third-order valence-corrected chi connectivity index (χ3v) is 3.40. The number of nitrogens with zero attached hydrogens (tertiary/aromatic N) is 1. The third kappa shape index (κ3) is 3.94. The second kappa shape index (κ2) is 6.54. The fourth-order valence-electron chi connectivity index (χ4n) is 2.47. The number of ether oxygens (including phenoxy) is 1. The number of nitrogens with one attached hydrogen (secondary N) is 2. The van der Waals surface area contributed by atoms with Gasteiger partial charge in [0.25, 0.3) is 0 Å². The van der Waals surface area contributed by atoms with Gasteiger partial charge in [-0.2, -0.15) is 0 Å². The molecule has 2 atom stereocenters. The molecule has 19 heavy (non-hydrogen) atoms. The minimum Gasteiger partial charge on any atom is -0.461 e. The lowest BCUT2D eigenvalue weighted by atomic mass is 10.0. The second-order valence-corrected chi connectivity index (χ2v) is 4.99. The molecule has 2 unspecified atom stereocenters. The molecule has 2 rings (SSSR count). The highest BCUT2D eigenvalue weighted by Gasteiger charge is 2.29. The summed E-state index contributed by atoms with van der Waals surface area (Å²) in [5.74, 6) is 0.221. The van der Waals surface area contributed by atoms with Crippen LogP contribution in [0, 0.1) is 5.41 Å². The highest BCUT2D eigenvalue weighted by Crippen LogP contribution is 2.20. The largest absolute Gasteiger partial charge is 0.461 e. The van der Waals surface area contributed by atoms with E-state index < -0.39 is 0 Å². The normalized spacial score (nSPS) is 27.0. The van der Waals surface area contributed by atoms with E-state index in [4.69, 9.17) is 15.0 Å². The average Bonchev–Trinajstić information content (AvgIpc) is 2.73. The standard InChI is InChI=1S/C13H21N3O3/c1-2-18-13(17)11-8-10(19-16-11)7-9-5-3-4-6-12(14)15-9/h9-10H,2-8H2,1H3,(H2,14,15). The van der Waals surface area contributed by atoms with Crippen LogP contribution in [0.2, 0.25) is 0 Å². The van der Waals surface area contributed by atoms with Gasteiger partial charge in [-0.1, -0.05) is 11.6 Å². The molecule has 0 bridgehead atoms. The first-order valence-corrected chi connectivity index (χ1v) is 6.92. The summed E-state index contributed by atoms with van der Waals surface area (Å²) in [6, 6.07) is 0.247. The maximum atomic E-state index is 11.5. The van der Waals surface area contributed by atoms with Crippen LogP contribution < -0.4 is 5.32 Å². The van der Waals surface area contributed by atoms with E-state index in [2.05, 4.69) is 10.5 Å². The summed E-state index contributed by atoms with van der Waals surface area (Å²) in [5.41, 5.74) is 0.371. The summed E-state index contributed by atoms with van der Waals surface area (Å²) in [7, 11) is 0. The minimum atomic E-state index is -0.383. The van der Waals surface area contributed by atoms with E-state index in [9.17, 15) is 4.79 Å². The lowest BCUT2D eigenvalue weighted by Crippen LogP contribution is -2.35. The maximum absolute atomic E-state index is 11.5. The topological polar surface area (TPSA) is 83.8 Å². The summed E-state index contributed by atoms with van der Waals surface area (Å²) in [4.78, 5) is 16.8. The van der Waals surface area contributed by atoms with Gasteiger partial charge in [-0.25, -0.2) is 4.79 Å². The van der Waals surface area contributed by atoms with Crippen LogP contribution in [0.3, 0.4) is 0 Å². The first-order valence-electron chi connectivity index (χ1n) is 6.92. The molecule has 106 valence electrons. The lowest BCUT2D eigenvalue weighted by Gasteiger charge is -2.19. The molecule has 0 radical (unpaired) electrons. The number of oxime groups is 1. The number of hydrogen-bond acceptors (Lipinski definition) is 5. The van der Waals surface area contributed by atoms with Gasteiger partial charge in [0.05, 0.1) is 12.4 Å². The van der Waals surface area contributed by atoms with E-state index in [-0.39, 0.29) is 18.1 Å². The molecule has 6 nitrogen and oxygen atoms in total. The molecule has 0 amide bonds. The monoisotopic (exact) mass is 267 g/mol. The molecule has 0 aromatic heterocycles. The molecule has 0 aromatic rings. The average molecular weight is 267 g/mol. The van der Waals surface area contributed by atoms with Crippen molar-refractivity contribution in [2.45, 2.75) is 57.6 Å². The van der Waals surface area contributed by atoms with E-state index in [1.807, 2.05) is 0 Å². The van der Waals surface area contributed by atoms with E-state index in [1.165, 1.54) is 0 Å². The molecule has 2 aliphatic rings. The molecule has 1 saturated heterocycles. The SMILES string of the molecule is CCOC(=O)C1=NOC(CC2CCCCC(=N)N2)C1. The van der Waals surface area contributed by atoms with Crippen LogP contribution in [0.5, 0.6) is 0 Å². The third-order valence-electron chi connectivity index (χ3n) is 3.40. The smallest absolute Gasteiger partial charge is 0.356 e. The molecule has 0 aliphatic carbocycles. The summed E-state index contributed by atoms with van der Waals surface area (Å²) >= 11 is 0. The van der Waals surface area contributed by atoms with Crippen molar-refractivity contribution in [2.24, 2.45) is 5.16 Å². The Morgan fingerprint density at radius 1 is 1.58 bits per heavy atom. The lowest BCUT2D eigenvalue weighted by molar-refractivity contribution is -0.135.